The van der Waals surface area contributed by atoms with Crippen LogP contribution in [0.4, 0.5) is 0 Å². The molecular weight excluding hydrogens is 518 g/mol. The molecule has 9 aromatic rings. The summed E-state index contributed by atoms with van der Waals surface area (Å²) < 4.78 is 2.41. The van der Waals surface area contributed by atoms with Crippen LogP contribution in [0.5, 0.6) is 0 Å². The maximum Gasteiger partial charge on any atom is 0.0547 e. The average Bonchev–Trinajstić information content (AvgIpc) is 3.41. The van der Waals surface area contributed by atoms with E-state index in [1.54, 1.807) is 0 Å². The average molecular weight is 546 g/mol. The second kappa shape index (κ2) is 9.44. The Bertz CT molecular complexity index is 2470. The molecule has 43 heavy (non-hydrogen) atoms. The molecule has 0 aliphatic rings. The Morgan fingerprint density at radius 1 is 0.256 bits per heavy atom. The molecule has 1 heterocycles. The molecule has 0 radical (unpaired) electrons. The van der Waals surface area contributed by atoms with Crippen LogP contribution >= 0.6 is 0 Å². The maximum absolute atomic E-state index is 2.43. The third kappa shape index (κ3) is 3.72. The first-order valence-corrected chi connectivity index (χ1v) is 14.9. The Hall–Kier alpha value is -5.66. The SMILES string of the molecule is c1ccc(-c2ccc(-c3ccc4c(c3)c3ccccc3c3cc5c(cc43)c3ccccc3n5-c3ccccc3)cc2)cc1. The van der Waals surface area contributed by atoms with Crippen molar-refractivity contribution < 1.29 is 0 Å². The van der Waals surface area contributed by atoms with Crippen LogP contribution in [0.1, 0.15) is 0 Å². The Kier molecular flexibility index (Phi) is 5.27. The van der Waals surface area contributed by atoms with E-state index in [1.807, 2.05) is 0 Å². The van der Waals surface area contributed by atoms with Gasteiger partial charge in [0.15, 0.2) is 0 Å². The second-order valence-corrected chi connectivity index (χ2v) is 11.4. The number of para-hydroxylation sites is 2. The van der Waals surface area contributed by atoms with Gasteiger partial charge in [-0.15, -0.1) is 0 Å². The summed E-state index contributed by atoms with van der Waals surface area (Å²) in [6, 6.07) is 59.7. The van der Waals surface area contributed by atoms with Gasteiger partial charge in [-0.2, -0.15) is 0 Å². The molecule has 0 fully saturated rings. The lowest BCUT2D eigenvalue weighted by Crippen LogP contribution is -1.93. The lowest BCUT2D eigenvalue weighted by molar-refractivity contribution is 1.18. The molecule has 0 bridgehead atoms. The third-order valence-electron chi connectivity index (χ3n) is 8.97. The molecule has 200 valence electrons. The van der Waals surface area contributed by atoms with Crippen LogP contribution in [0.15, 0.2) is 164 Å². The standard InChI is InChI=1S/C42H27N/c1-3-11-28(12-4-1)29-19-21-30(22-20-29)31-23-24-35-37(25-31)33-15-7-8-16-34(33)39-27-42-40(26-38(35)39)36-17-9-10-18-41(36)43(42)32-13-5-2-6-14-32/h1-27H. The highest BCUT2D eigenvalue weighted by Gasteiger charge is 2.16. The number of fused-ring (bicyclic) bond motifs is 9. The van der Waals surface area contributed by atoms with Crippen molar-refractivity contribution in [3.63, 3.8) is 0 Å². The first-order chi connectivity index (χ1) is 21.3. The Morgan fingerprint density at radius 2 is 0.744 bits per heavy atom. The third-order valence-corrected chi connectivity index (χ3v) is 8.97. The molecule has 0 spiro atoms. The van der Waals surface area contributed by atoms with Crippen molar-refractivity contribution in [2.75, 3.05) is 0 Å². The van der Waals surface area contributed by atoms with Gasteiger partial charge in [0, 0.05) is 16.5 Å². The summed E-state index contributed by atoms with van der Waals surface area (Å²) in [5, 5.41) is 10.3. The van der Waals surface area contributed by atoms with Gasteiger partial charge in [0.05, 0.1) is 11.0 Å². The highest BCUT2D eigenvalue weighted by atomic mass is 15.0. The molecule has 0 aliphatic heterocycles. The van der Waals surface area contributed by atoms with Crippen molar-refractivity contribution in [2.24, 2.45) is 0 Å². The van der Waals surface area contributed by atoms with E-state index >= 15 is 0 Å². The van der Waals surface area contributed by atoms with E-state index in [9.17, 15) is 0 Å². The molecule has 0 amide bonds. The zero-order chi connectivity index (χ0) is 28.3. The van der Waals surface area contributed by atoms with E-state index < -0.39 is 0 Å². The number of aromatic nitrogens is 1. The summed E-state index contributed by atoms with van der Waals surface area (Å²) in [5.74, 6) is 0. The van der Waals surface area contributed by atoms with Gasteiger partial charge in [-0.25, -0.2) is 0 Å². The van der Waals surface area contributed by atoms with Gasteiger partial charge < -0.3 is 4.57 Å². The minimum absolute atomic E-state index is 1.18. The predicted octanol–water partition coefficient (Wildman–Crippen LogP) is 11.6. The number of nitrogens with zero attached hydrogens (tertiary/aromatic N) is 1. The largest absolute Gasteiger partial charge is 0.309 e. The fourth-order valence-corrected chi connectivity index (χ4v) is 6.94. The van der Waals surface area contributed by atoms with Crippen LogP contribution in [0.3, 0.4) is 0 Å². The smallest absolute Gasteiger partial charge is 0.0547 e. The summed E-state index contributed by atoms with van der Waals surface area (Å²) >= 11 is 0. The van der Waals surface area contributed by atoms with Gasteiger partial charge in [-0.05, 0) is 91.0 Å². The normalized spacial score (nSPS) is 11.7. The van der Waals surface area contributed by atoms with Crippen LogP contribution in [0, 0.1) is 0 Å². The molecule has 8 aromatic carbocycles. The van der Waals surface area contributed by atoms with Crippen molar-refractivity contribution in [2.45, 2.75) is 0 Å². The van der Waals surface area contributed by atoms with Gasteiger partial charge in [0.25, 0.3) is 0 Å². The lowest BCUT2D eigenvalue weighted by atomic mass is 9.91. The molecular formula is C42H27N. The van der Waals surface area contributed by atoms with Crippen molar-refractivity contribution in [3.05, 3.63) is 164 Å². The molecule has 0 saturated heterocycles. The van der Waals surface area contributed by atoms with Gasteiger partial charge in [0.1, 0.15) is 0 Å². The van der Waals surface area contributed by atoms with Crippen LogP contribution in [0.25, 0.3) is 82.1 Å². The summed E-state index contributed by atoms with van der Waals surface area (Å²) in [4.78, 5) is 0. The fourth-order valence-electron chi connectivity index (χ4n) is 6.94. The van der Waals surface area contributed by atoms with Crippen LogP contribution in [0.2, 0.25) is 0 Å². The summed E-state index contributed by atoms with van der Waals surface area (Å²) in [6.07, 6.45) is 0. The van der Waals surface area contributed by atoms with Crippen molar-refractivity contribution >= 4 is 54.1 Å². The lowest BCUT2D eigenvalue weighted by Gasteiger charge is -2.14. The number of rotatable bonds is 3. The Labute approximate surface area is 249 Å². The van der Waals surface area contributed by atoms with E-state index in [1.165, 1.54) is 82.1 Å². The molecule has 0 aliphatic carbocycles. The van der Waals surface area contributed by atoms with Gasteiger partial charge in [0.2, 0.25) is 0 Å². The molecule has 1 heteroatoms. The van der Waals surface area contributed by atoms with E-state index in [0.717, 1.165) is 0 Å². The van der Waals surface area contributed by atoms with Crippen LogP contribution in [-0.4, -0.2) is 4.57 Å². The van der Waals surface area contributed by atoms with Crippen molar-refractivity contribution in [1.82, 2.24) is 4.57 Å². The topological polar surface area (TPSA) is 4.93 Å². The van der Waals surface area contributed by atoms with Crippen molar-refractivity contribution in [1.29, 1.82) is 0 Å². The highest BCUT2D eigenvalue weighted by molar-refractivity contribution is 6.29. The quantitative estimate of drug-likeness (QED) is 0.195. The highest BCUT2D eigenvalue weighted by Crippen LogP contribution is 2.42. The molecule has 1 nitrogen and oxygen atoms in total. The molecule has 1 aromatic heterocycles. The summed E-state index contributed by atoms with van der Waals surface area (Å²) in [7, 11) is 0. The molecule has 0 unspecified atom stereocenters. The van der Waals surface area contributed by atoms with Crippen molar-refractivity contribution in [3.8, 4) is 27.9 Å². The number of benzene rings is 8. The zero-order valence-corrected chi connectivity index (χ0v) is 23.5. The van der Waals surface area contributed by atoms with Crippen LogP contribution in [-0.2, 0) is 0 Å². The monoisotopic (exact) mass is 545 g/mol. The molecule has 0 saturated carbocycles. The van der Waals surface area contributed by atoms with Crippen LogP contribution < -0.4 is 0 Å². The first-order valence-electron chi connectivity index (χ1n) is 14.9. The second-order valence-electron chi connectivity index (χ2n) is 11.4. The zero-order valence-electron chi connectivity index (χ0n) is 23.5. The van der Waals surface area contributed by atoms with E-state index in [2.05, 4.69) is 168 Å². The van der Waals surface area contributed by atoms with Gasteiger partial charge >= 0.3 is 0 Å². The minimum atomic E-state index is 1.18. The van der Waals surface area contributed by atoms with E-state index in [-0.39, 0.29) is 0 Å². The van der Waals surface area contributed by atoms with E-state index in [0.29, 0.717) is 0 Å². The molecule has 0 atom stereocenters. The van der Waals surface area contributed by atoms with Gasteiger partial charge in [-0.3, -0.25) is 0 Å². The van der Waals surface area contributed by atoms with Gasteiger partial charge in [-0.1, -0.05) is 127 Å². The fraction of sp³-hybridized carbons (Fsp3) is 0. The summed E-state index contributed by atoms with van der Waals surface area (Å²) in [5.41, 5.74) is 8.59. The molecule has 9 rings (SSSR count). The summed E-state index contributed by atoms with van der Waals surface area (Å²) in [6.45, 7) is 0. The Balaban J connectivity index is 1.31. The predicted molar refractivity (Wildman–Crippen MR) is 184 cm³/mol. The maximum atomic E-state index is 2.43. The Morgan fingerprint density at radius 3 is 1.47 bits per heavy atom. The number of hydrogen-bond acceptors (Lipinski definition) is 0. The minimum Gasteiger partial charge on any atom is -0.309 e. The first kappa shape index (κ1) is 24.0. The van der Waals surface area contributed by atoms with E-state index in [4.69, 9.17) is 0 Å². The number of hydrogen-bond donors (Lipinski definition) is 0. The molecule has 0 N–H and O–H groups in total.